The molecule has 0 aliphatic rings. The van der Waals surface area contributed by atoms with E-state index in [-0.39, 0.29) is 6.61 Å². The Morgan fingerprint density at radius 2 is 2.50 bits per heavy atom. The lowest BCUT2D eigenvalue weighted by Crippen LogP contribution is -1.91. The molecule has 0 fully saturated rings. The smallest absolute Gasteiger partial charge is 0.142 e. The van der Waals surface area contributed by atoms with Crippen molar-refractivity contribution in [1.29, 1.82) is 0 Å². The highest BCUT2D eigenvalue weighted by Gasteiger charge is 1.97. The molecule has 3 nitrogen and oxygen atoms in total. The quantitative estimate of drug-likeness (QED) is 0.651. The number of hydrogen-bond donors (Lipinski definition) is 1. The minimum absolute atomic E-state index is 0.00824. The number of ether oxygens (including phenoxy) is 1. The summed E-state index contributed by atoms with van der Waals surface area (Å²) in [5.74, 6) is 0.630. The van der Waals surface area contributed by atoms with Crippen molar-refractivity contribution in [2.24, 2.45) is 0 Å². The van der Waals surface area contributed by atoms with Gasteiger partial charge in [-0.2, -0.15) is 0 Å². The van der Waals surface area contributed by atoms with Crippen LogP contribution in [-0.2, 0) is 6.61 Å². The molecule has 1 N–H and O–H groups in total. The summed E-state index contributed by atoms with van der Waals surface area (Å²) >= 11 is 0. The van der Waals surface area contributed by atoms with E-state index >= 15 is 0 Å². The van der Waals surface area contributed by atoms with E-state index in [2.05, 4.69) is 4.98 Å². The number of rotatable bonds is 2. The first-order valence-electron chi connectivity index (χ1n) is 2.96. The lowest BCUT2D eigenvalue weighted by Gasteiger charge is -2.02. The SMILES string of the molecule is COc1cnccc1CO. The Morgan fingerprint density at radius 3 is 3.00 bits per heavy atom. The summed E-state index contributed by atoms with van der Waals surface area (Å²) in [4.78, 5) is 3.83. The van der Waals surface area contributed by atoms with Gasteiger partial charge < -0.3 is 9.84 Å². The number of hydrogen-bond acceptors (Lipinski definition) is 3. The van der Waals surface area contributed by atoms with Crippen LogP contribution in [0.1, 0.15) is 5.56 Å². The normalized spacial score (nSPS) is 9.40. The van der Waals surface area contributed by atoms with Crippen LogP contribution in [0.25, 0.3) is 0 Å². The molecule has 0 aliphatic heterocycles. The van der Waals surface area contributed by atoms with Crippen molar-refractivity contribution in [2.45, 2.75) is 6.61 Å². The zero-order valence-electron chi connectivity index (χ0n) is 5.74. The third-order valence-corrected chi connectivity index (χ3v) is 1.26. The van der Waals surface area contributed by atoms with Crippen molar-refractivity contribution in [3.05, 3.63) is 24.0 Å². The molecule has 1 heterocycles. The van der Waals surface area contributed by atoms with E-state index in [1.165, 1.54) is 0 Å². The van der Waals surface area contributed by atoms with Gasteiger partial charge in [-0.05, 0) is 6.07 Å². The van der Waals surface area contributed by atoms with Crippen molar-refractivity contribution < 1.29 is 9.84 Å². The van der Waals surface area contributed by atoms with Crippen molar-refractivity contribution in [3.8, 4) is 5.75 Å². The molecule has 1 rings (SSSR count). The first-order chi connectivity index (χ1) is 4.88. The molecule has 54 valence electrons. The summed E-state index contributed by atoms with van der Waals surface area (Å²) in [6.45, 7) is -0.00824. The molecule has 0 unspecified atom stereocenters. The molecule has 0 saturated carbocycles. The van der Waals surface area contributed by atoms with Gasteiger partial charge in [0.15, 0.2) is 0 Å². The number of nitrogens with zero attached hydrogens (tertiary/aromatic N) is 1. The van der Waals surface area contributed by atoms with Gasteiger partial charge in [0.05, 0.1) is 19.9 Å². The summed E-state index contributed by atoms with van der Waals surface area (Å²) in [6, 6.07) is 1.72. The van der Waals surface area contributed by atoms with Gasteiger partial charge in [-0.1, -0.05) is 0 Å². The predicted molar refractivity (Wildman–Crippen MR) is 36.7 cm³/mol. The van der Waals surface area contributed by atoms with Crippen LogP contribution in [0.5, 0.6) is 5.75 Å². The minimum atomic E-state index is -0.00824. The zero-order valence-corrected chi connectivity index (χ0v) is 5.74. The molecule has 1 aromatic rings. The fourth-order valence-electron chi connectivity index (χ4n) is 0.723. The average molecular weight is 139 g/mol. The van der Waals surface area contributed by atoms with Gasteiger partial charge in [0, 0.05) is 11.8 Å². The number of aromatic nitrogens is 1. The average Bonchev–Trinajstić information content (AvgIpc) is 2.04. The van der Waals surface area contributed by atoms with Crippen LogP contribution in [0.4, 0.5) is 0 Å². The highest BCUT2D eigenvalue weighted by molar-refractivity contribution is 5.28. The van der Waals surface area contributed by atoms with Crippen LogP contribution >= 0.6 is 0 Å². The Kier molecular flexibility index (Phi) is 2.23. The van der Waals surface area contributed by atoms with E-state index in [0.717, 1.165) is 5.56 Å². The van der Waals surface area contributed by atoms with Gasteiger partial charge in [0.25, 0.3) is 0 Å². The first-order valence-corrected chi connectivity index (χ1v) is 2.96. The van der Waals surface area contributed by atoms with Gasteiger partial charge in [-0.15, -0.1) is 0 Å². The molecule has 3 heteroatoms. The fourth-order valence-corrected chi connectivity index (χ4v) is 0.723. The third kappa shape index (κ3) is 1.25. The summed E-state index contributed by atoms with van der Waals surface area (Å²) in [5, 5.41) is 8.74. The van der Waals surface area contributed by atoms with Crippen molar-refractivity contribution >= 4 is 0 Å². The predicted octanol–water partition coefficient (Wildman–Crippen LogP) is 0.582. The Morgan fingerprint density at radius 1 is 1.70 bits per heavy atom. The summed E-state index contributed by atoms with van der Waals surface area (Å²) in [7, 11) is 1.55. The van der Waals surface area contributed by atoms with E-state index in [1.54, 1.807) is 25.6 Å². The first kappa shape index (κ1) is 7.02. The van der Waals surface area contributed by atoms with E-state index in [1.807, 2.05) is 0 Å². The molecule has 1 aromatic heterocycles. The van der Waals surface area contributed by atoms with Crippen LogP contribution in [0.15, 0.2) is 18.5 Å². The summed E-state index contributed by atoms with van der Waals surface area (Å²) in [5.41, 5.74) is 0.762. The highest BCUT2D eigenvalue weighted by Crippen LogP contribution is 2.14. The molecule has 0 aromatic carbocycles. The summed E-state index contributed by atoms with van der Waals surface area (Å²) < 4.78 is 4.91. The zero-order chi connectivity index (χ0) is 7.40. The number of aliphatic hydroxyl groups is 1. The van der Waals surface area contributed by atoms with Crippen LogP contribution in [0.3, 0.4) is 0 Å². The molecular weight excluding hydrogens is 130 g/mol. The maximum absolute atomic E-state index is 8.74. The van der Waals surface area contributed by atoms with Crippen LogP contribution < -0.4 is 4.74 Å². The van der Waals surface area contributed by atoms with Crippen LogP contribution in [-0.4, -0.2) is 17.2 Å². The largest absolute Gasteiger partial charge is 0.495 e. The second-order valence-corrected chi connectivity index (χ2v) is 1.85. The van der Waals surface area contributed by atoms with Crippen LogP contribution in [0.2, 0.25) is 0 Å². The monoisotopic (exact) mass is 139 g/mol. The minimum Gasteiger partial charge on any atom is -0.495 e. The maximum Gasteiger partial charge on any atom is 0.142 e. The molecule has 0 spiro atoms. The maximum atomic E-state index is 8.74. The molecule has 0 aliphatic carbocycles. The molecule has 10 heavy (non-hydrogen) atoms. The van der Waals surface area contributed by atoms with Crippen LogP contribution in [0, 0.1) is 0 Å². The molecular formula is C7H9NO2. The van der Waals surface area contributed by atoms with E-state index in [0.29, 0.717) is 5.75 Å². The van der Waals surface area contributed by atoms with E-state index < -0.39 is 0 Å². The standard InChI is InChI=1S/C7H9NO2/c1-10-7-4-8-3-2-6(7)5-9/h2-4,9H,5H2,1H3. The van der Waals surface area contributed by atoms with Gasteiger partial charge in [0.2, 0.25) is 0 Å². The topological polar surface area (TPSA) is 42.4 Å². The van der Waals surface area contributed by atoms with E-state index in [9.17, 15) is 0 Å². The van der Waals surface area contributed by atoms with Crippen molar-refractivity contribution in [1.82, 2.24) is 4.98 Å². The number of aliphatic hydroxyl groups excluding tert-OH is 1. The Bertz CT molecular complexity index is 190. The van der Waals surface area contributed by atoms with E-state index in [4.69, 9.17) is 9.84 Å². The summed E-state index contributed by atoms with van der Waals surface area (Å²) in [6.07, 6.45) is 3.19. The Hall–Kier alpha value is -1.09. The third-order valence-electron chi connectivity index (χ3n) is 1.26. The second kappa shape index (κ2) is 3.17. The Labute approximate surface area is 59.3 Å². The molecule has 0 radical (unpaired) electrons. The molecule has 0 saturated heterocycles. The molecule has 0 atom stereocenters. The number of pyridine rings is 1. The number of methoxy groups -OCH3 is 1. The van der Waals surface area contributed by atoms with Gasteiger partial charge in [0.1, 0.15) is 5.75 Å². The lowest BCUT2D eigenvalue weighted by molar-refractivity contribution is 0.273. The highest BCUT2D eigenvalue weighted by atomic mass is 16.5. The fraction of sp³-hybridized carbons (Fsp3) is 0.286. The van der Waals surface area contributed by atoms with Gasteiger partial charge in [-0.3, -0.25) is 4.98 Å². The van der Waals surface area contributed by atoms with Crippen molar-refractivity contribution in [2.75, 3.05) is 7.11 Å². The lowest BCUT2D eigenvalue weighted by atomic mass is 10.3. The van der Waals surface area contributed by atoms with Crippen molar-refractivity contribution in [3.63, 3.8) is 0 Å². The molecule has 0 bridgehead atoms. The Balaban J connectivity index is 2.96. The molecule has 0 amide bonds. The van der Waals surface area contributed by atoms with Gasteiger partial charge in [-0.25, -0.2) is 0 Å². The van der Waals surface area contributed by atoms with Gasteiger partial charge >= 0.3 is 0 Å². The second-order valence-electron chi connectivity index (χ2n) is 1.85.